The second-order valence-electron chi connectivity index (χ2n) is 2.85. The highest BCUT2D eigenvalue weighted by Crippen LogP contribution is 2.27. The van der Waals surface area contributed by atoms with Crippen molar-refractivity contribution in [1.82, 2.24) is 0 Å². The van der Waals surface area contributed by atoms with Crippen molar-refractivity contribution in [3.05, 3.63) is 24.0 Å². The van der Waals surface area contributed by atoms with Crippen molar-refractivity contribution >= 4 is 22.5 Å². The molecule has 0 aliphatic heterocycles. The van der Waals surface area contributed by atoms with Crippen LogP contribution in [0.3, 0.4) is 0 Å². The molecule has 0 bridgehead atoms. The summed E-state index contributed by atoms with van der Waals surface area (Å²) in [7, 11) is 1.21. The fraction of sp³-hybridized carbons (Fsp3) is 0.333. The minimum Gasteiger partial charge on any atom is -0.488 e. The van der Waals surface area contributed by atoms with E-state index < -0.39 is 0 Å². The minimum absolute atomic E-state index is 0.0102. The molecule has 1 rings (SSSR count). The second-order valence-corrected chi connectivity index (χ2v) is 4.05. The molecule has 0 radical (unpaired) electrons. The zero-order chi connectivity index (χ0) is 9.84. The van der Waals surface area contributed by atoms with Gasteiger partial charge < -0.3 is 4.74 Å². The summed E-state index contributed by atoms with van der Waals surface area (Å²) in [5.41, 5.74) is 0. The molecule has 0 saturated carbocycles. The van der Waals surface area contributed by atoms with Crippen LogP contribution >= 0.6 is 22.5 Å². The lowest BCUT2D eigenvalue weighted by Crippen LogP contribution is -2.06. The number of hydrogen-bond donors (Lipinski definition) is 1. The summed E-state index contributed by atoms with van der Waals surface area (Å²) >= 11 is 3.97. The van der Waals surface area contributed by atoms with E-state index in [0.717, 1.165) is 4.90 Å². The summed E-state index contributed by atoms with van der Waals surface area (Å²) in [6.07, 6.45) is -0.0102. The van der Waals surface area contributed by atoms with E-state index in [1.54, 1.807) is 12.1 Å². The molecule has 4 heteroatoms. The highest BCUT2D eigenvalue weighted by Gasteiger charge is 2.05. The Bertz CT molecular complexity index is 289. The van der Waals surface area contributed by atoms with Crippen molar-refractivity contribution in [2.75, 3.05) is 0 Å². The van der Waals surface area contributed by atoms with E-state index in [2.05, 4.69) is 11.7 Å². The molecule has 0 aromatic heterocycles. The van der Waals surface area contributed by atoms with Crippen LogP contribution < -0.4 is 4.74 Å². The standard InChI is InChI=1S/C9H11FOS2/c1-6(2)11-9-4-3-7(13-12)5-8(9)10/h3-6,12H,1-2H3. The number of hydrogen-bond acceptors (Lipinski definition) is 3. The summed E-state index contributed by atoms with van der Waals surface area (Å²) in [6.45, 7) is 3.72. The Morgan fingerprint density at radius 1 is 1.46 bits per heavy atom. The molecule has 72 valence electrons. The highest BCUT2D eigenvalue weighted by molar-refractivity contribution is 8.68. The van der Waals surface area contributed by atoms with Gasteiger partial charge in [-0.25, -0.2) is 4.39 Å². The van der Waals surface area contributed by atoms with Crippen molar-refractivity contribution in [2.24, 2.45) is 0 Å². The van der Waals surface area contributed by atoms with Crippen molar-refractivity contribution in [2.45, 2.75) is 24.8 Å². The lowest BCUT2D eigenvalue weighted by Gasteiger charge is -2.10. The molecule has 13 heavy (non-hydrogen) atoms. The van der Waals surface area contributed by atoms with Gasteiger partial charge in [-0.05, 0) is 32.0 Å². The lowest BCUT2D eigenvalue weighted by molar-refractivity contribution is 0.231. The smallest absolute Gasteiger partial charge is 0.166 e. The summed E-state index contributed by atoms with van der Waals surface area (Å²) in [5, 5.41) is 0. The SMILES string of the molecule is CC(C)Oc1ccc(SS)cc1F. The average Bonchev–Trinajstić information content (AvgIpc) is 2.08. The summed E-state index contributed by atoms with van der Waals surface area (Å²) in [4.78, 5) is 0.775. The summed E-state index contributed by atoms with van der Waals surface area (Å²) < 4.78 is 18.5. The van der Waals surface area contributed by atoms with Gasteiger partial charge in [-0.3, -0.25) is 0 Å². The Morgan fingerprint density at radius 2 is 2.15 bits per heavy atom. The fourth-order valence-corrected chi connectivity index (χ4v) is 1.51. The Morgan fingerprint density at radius 3 is 2.62 bits per heavy atom. The first-order chi connectivity index (χ1) is 6.13. The lowest BCUT2D eigenvalue weighted by atomic mass is 10.3. The van der Waals surface area contributed by atoms with Gasteiger partial charge in [0.15, 0.2) is 11.6 Å². The number of ether oxygens (including phenoxy) is 1. The van der Waals surface area contributed by atoms with Crippen LogP contribution in [-0.2, 0) is 0 Å². The normalized spacial score (nSPS) is 10.5. The van der Waals surface area contributed by atoms with E-state index in [1.165, 1.54) is 16.9 Å². The molecule has 1 nitrogen and oxygen atoms in total. The van der Waals surface area contributed by atoms with E-state index >= 15 is 0 Å². The van der Waals surface area contributed by atoms with Gasteiger partial charge in [-0.2, -0.15) is 0 Å². The quantitative estimate of drug-likeness (QED) is 0.613. The van der Waals surface area contributed by atoms with Crippen LogP contribution in [0, 0.1) is 5.82 Å². The Hall–Kier alpha value is -0.350. The molecular formula is C9H11FOS2. The van der Waals surface area contributed by atoms with Gasteiger partial charge in [-0.15, -0.1) is 11.7 Å². The van der Waals surface area contributed by atoms with Gasteiger partial charge >= 0.3 is 0 Å². The molecule has 0 spiro atoms. The second kappa shape index (κ2) is 4.77. The third-order valence-corrected chi connectivity index (χ3v) is 2.47. The van der Waals surface area contributed by atoms with Crippen molar-refractivity contribution in [3.8, 4) is 5.75 Å². The third kappa shape index (κ3) is 3.12. The van der Waals surface area contributed by atoms with Gasteiger partial charge in [0, 0.05) is 4.90 Å². The number of thiol groups is 1. The molecule has 0 atom stereocenters. The summed E-state index contributed by atoms with van der Waals surface area (Å²) in [5.74, 6) is -0.0473. The monoisotopic (exact) mass is 218 g/mol. The zero-order valence-electron chi connectivity index (χ0n) is 7.45. The van der Waals surface area contributed by atoms with E-state index in [9.17, 15) is 4.39 Å². The molecule has 0 N–H and O–H groups in total. The van der Waals surface area contributed by atoms with Gasteiger partial charge in [0.25, 0.3) is 0 Å². The minimum atomic E-state index is -0.340. The van der Waals surface area contributed by atoms with Gasteiger partial charge in [0.1, 0.15) is 0 Å². The van der Waals surface area contributed by atoms with Crippen LogP contribution in [0.4, 0.5) is 4.39 Å². The molecule has 0 saturated heterocycles. The van der Waals surface area contributed by atoms with Crippen molar-refractivity contribution in [1.29, 1.82) is 0 Å². The maximum absolute atomic E-state index is 13.2. The largest absolute Gasteiger partial charge is 0.488 e. The van der Waals surface area contributed by atoms with Crippen LogP contribution in [0.25, 0.3) is 0 Å². The molecule has 1 aromatic carbocycles. The fourth-order valence-electron chi connectivity index (χ4n) is 0.888. The molecule has 0 heterocycles. The average molecular weight is 218 g/mol. The maximum Gasteiger partial charge on any atom is 0.166 e. The van der Waals surface area contributed by atoms with Gasteiger partial charge in [0.05, 0.1) is 6.10 Å². The third-order valence-electron chi connectivity index (χ3n) is 1.37. The van der Waals surface area contributed by atoms with Gasteiger partial charge in [-0.1, -0.05) is 10.8 Å². The van der Waals surface area contributed by atoms with Crippen molar-refractivity contribution in [3.63, 3.8) is 0 Å². The first-order valence-corrected chi connectivity index (χ1v) is 5.78. The maximum atomic E-state index is 13.2. The molecule has 0 unspecified atom stereocenters. The molecule has 0 amide bonds. The highest BCUT2D eigenvalue weighted by atomic mass is 33.1. The van der Waals surface area contributed by atoms with E-state index in [1.807, 2.05) is 13.8 Å². The molecular weight excluding hydrogens is 207 g/mol. The molecule has 0 fully saturated rings. The van der Waals surface area contributed by atoms with Crippen LogP contribution in [-0.4, -0.2) is 6.10 Å². The topological polar surface area (TPSA) is 9.23 Å². The predicted molar refractivity (Wildman–Crippen MR) is 57.0 cm³/mol. The van der Waals surface area contributed by atoms with E-state index in [-0.39, 0.29) is 11.9 Å². The summed E-state index contributed by atoms with van der Waals surface area (Å²) in [6, 6.07) is 4.81. The molecule has 0 aliphatic carbocycles. The number of rotatable bonds is 3. The predicted octanol–water partition coefficient (Wildman–Crippen LogP) is 3.55. The first kappa shape index (κ1) is 10.7. The molecule has 0 aliphatic rings. The van der Waals surface area contributed by atoms with Gasteiger partial charge in [0.2, 0.25) is 0 Å². The Labute approximate surface area is 86.5 Å². The van der Waals surface area contributed by atoms with E-state index in [0.29, 0.717) is 5.75 Å². The van der Waals surface area contributed by atoms with Crippen LogP contribution in [0.15, 0.2) is 23.1 Å². The van der Waals surface area contributed by atoms with E-state index in [4.69, 9.17) is 4.74 Å². The van der Waals surface area contributed by atoms with Crippen LogP contribution in [0.5, 0.6) is 5.75 Å². The Kier molecular flexibility index (Phi) is 3.93. The van der Waals surface area contributed by atoms with Crippen LogP contribution in [0.1, 0.15) is 13.8 Å². The Balaban J connectivity index is 2.85. The van der Waals surface area contributed by atoms with Crippen molar-refractivity contribution < 1.29 is 9.13 Å². The molecule has 1 aromatic rings. The number of benzene rings is 1. The van der Waals surface area contributed by atoms with Crippen LogP contribution in [0.2, 0.25) is 0 Å². The first-order valence-electron chi connectivity index (χ1n) is 3.91. The zero-order valence-corrected chi connectivity index (χ0v) is 9.16. The number of halogens is 1.